The van der Waals surface area contributed by atoms with E-state index in [0.29, 0.717) is 26.0 Å². The molecule has 3 fully saturated rings. The van der Waals surface area contributed by atoms with Crippen LogP contribution in [0.5, 0.6) is 0 Å². The number of carbonyl (C=O) groups excluding carboxylic acids is 1. The van der Waals surface area contributed by atoms with Crippen molar-refractivity contribution in [3.8, 4) is 0 Å². The van der Waals surface area contributed by atoms with E-state index in [1.54, 1.807) is 12.1 Å². The molecule has 4 N–H and O–H groups in total. The van der Waals surface area contributed by atoms with Gasteiger partial charge in [0.2, 0.25) is 15.9 Å². The molecule has 0 aromatic heterocycles. The first-order valence-electron chi connectivity index (χ1n) is 10.2. The Balaban J connectivity index is 1.53. The van der Waals surface area contributed by atoms with E-state index in [1.165, 1.54) is 0 Å². The fourth-order valence-corrected chi connectivity index (χ4v) is 5.82. The second-order valence-electron chi connectivity index (χ2n) is 8.37. The summed E-state index contributed by atoms with van der Waals surface area (Å²) in [7, 11) is -0.264. The number of ether oxygens (including phenoxy) is 1. The Morgan fingerprint density at radius 3 is 2.77 bits per heavy atom. The van der Waals surface area contributed by atoms with Gasteiger partial charge in [-0.25, -0.2) is 17.8 Å². The fraction of sp³-hybridized carbons (Fsp3) is 0.941. The number of amides is 1. The highest BCUT2D eigenvalue weighted by Crippen LogP contribution is 2.37. The lowest BCUT2D eigenvalue weighted by atomic mass is 9.76. The van der Waals surface area contributed by atoms with Crippen molar-refractivity contribution in [3.63, 3.8) is 0 Å². The molecule has 2 saturated heterocycles. The standard InChI is InChI=1S/C17H32ClFN6O4S/c1-24-9-15(20-10-24)11-5-13(16(19)14(18)6-11)17(26)22-23-30(27,28)12-7-21-25(8-12)3-4-29-2/h11-16,20-21,23H,3-10H2,1-2H3,(H,22,26). The zero-order chi connectivity index (χ0) is 21.9. The summed E-state index contributed by atoms with van der Waals surface area (Å²) in [5.74, 6) is -1.64. The number of halogens is 2. The van der Waals surface area contributed by atoms with Crippen LogP contribution >= 0.6 is 11.6 Å². The summed E-state index contributed by atoms with van der Waals surface area (Å²) in [5.41, 5.74) is 5.21. The van der Waals surface area contributed by atoms with Gasteiger partial charge in [-0.1, -0.05) is 0 Å². The third kappa shape index (κ3) is 5.80. The van der Waals surface area contributed by atoms with Gasteiger partial charge in [-0.05, 0) is 25.8 Å². The van der Waals surface area contributed by atoms with E-state index in [2.05, 4.69) is 25.9 Å². The van der Waals surface area contributed by atoms with E-state index < -0.39 is 38.6 Å². The lowest BCUT2D eigenvalue weighted by Gasteiger charge is -2.37. The first kappa shape index (κ1) is 24.1. The number of methoxy groups -OCH3 is 1. The first-order chi connectivity index (χ1) is 14.2. The maximum atomic E-state index is 14.7. The van der Waals surface area contributed by atoms with E-state index in [1.807, 2.05) is 7.05 Å². The van der Waals surface area contributed by atoms with Crippen LogP contribution < -0.4 is 21.0 Å². The third-order valence-corrected chi connectivity index (χ3v) is 8.14. The molecule has 13 heteroatoms. The molecule has 1 amide bonds. The minimum Gasteiger partial charge on any atom is -0.383 e. The lowest BCUT2D eigenvalue weighted by Crippen LogP contribution is -2.53. The molecule has 0 bridgehead atoms. The summed E-state index contributed by atoms with van der Waals surface area (Å²) in [5, 5.41) is 3.59. The Morgan fingerprint density at radius 1 is 1.33 bits per heavy atom. The Kier molecular flexibility index (Phi) is 8.29. The molecule has 0 radical (unpaired) electrons. The van der Waals surface area contributed by atoms with Gasteiger partial charge in [-0.2, -0.15) is 0 Å². The highest BCUT2D eigenvalue weighted by Gasteiger charge is 2.44. The van der Waals surface area contributed by atoms with Crippen LogP contribution in [-0.2, 0) is 19.6 Å². The maximum absolute atomic E-state index is 14.7. The Hall–Kier alpha value is -0.600. The summed E-state index contributed by atoms with van der Waals surface area (Å²) < 4.78 is 44.7. The third-order valence-electron chi connectivity index (χ3n) is 6.14. The molecule has 2 aliphatic heterocycles. The Morgan fingerprint density at radius 2 is 2.10 bits per heavy atom. The molecule has 3 rings (SSSR count). The zero-order valence-electron chi connectivity index (χ0n) is 17.3. The van der Waals surface area contributed by atoms with E-state index in [9.17, 15) is 17.6 Å². The fourth-order valence-electron chi connectivity index (χ4n) is 4.34. The molecule has 10 nitrogen and oxygen atoms in total. The molecule has 0 aromatic carbocycles. The molecular weight excluding hydrogens is 439 g/mol. The normalized spacial score (nSPS) is 36.3. The van der Waals surface area contributed by atoms with Gasteiger partial charge in [0.25, 0.3) is 0 Å². The highest BCUT2D eigenvalue weighted by molar-refractivity contribution is 7.90. The van der Waals surface area contributed by atoms with Gasteiger partial charge in [0, 0.05) is 46.0 Å². The van der Waals surface area contributed by atoms with Crippen LogP contribution in [0, 0.1) is 11.8 Å². The summed E-state index contributed by atoms with van der Waals surface area (Å²) in [6.07, 6.45) is -0.724. The molecule has 0 aromatic rings. The van der Waals surface area contributed by atoms with Crippen LogP contribution in [0.15, 0.2) is 0 Å². The van der Waals surface area contributed by atoms with Gasteiger partial charge in [0.1, 0.15) is 11.4 Å². The SMILES string of the molecule is COCCN1CC(S(=O)(=O)NNC(=O)C2CC(C3CN(C)CN3)CC(Cl)C2F)CN1. The lowest BCUT2D eigenvalue weighted by molar-refractivity contribution is -0.129. The molecule has 1 aliphatic carbocycles. The monoisotopic (exact) mass is 470 g/mol. The van der Waals surface area contributed by atoms with E-state index in [4.69, 9.17) is 16.3 Å². The smallest absolute Gasteiger partial charge is 0.241 e. The Bertz CT molecular complexity index is 704. The van der Waals surface area contributed by atoms with Gasteiger partial charge >= 0.3 is 0 Å². The number of carbonyl (C=O) groups is 1. The summed E-state index contributed by atoms with van der Waals surface area (Å²) in [6, 6.07) is 0.137. The minimum absolute atomic E-state index is 0.0465. The second-order valence-corrected chi connectivity index (χ2v) is 10.9. The number of hydrogen-bond acceptors (Lipinski definition) is 8. The quantitative estimate of drug-likeness (QED) is 0.253. The molecule has 2 heterocycles. The molecule has 1 saturated carbocycles. The first-order valence-corrected chi connectivity index (χ1v) is 12.2. The maximum Gasteiger partial charge on any atom is 0.241 e. The molecule has 6 unspecified atom stereocenters. The molecule has 30 heavy (non-hydrogen) atoms. The van der Waals surface area contributed by atoms with Crippen molar-refractivity contribution in [2.75, 3.05) is 53.6 Å². The molecular formula is C17H32ClFN6O4S. The van der Waals surface area contributed by atoms with Crippen molar-refractivity contribution in [1.82, 2.24) is 30.9 Å². The van der Waals surface area contributed by atoms with Crippen molar-refractivity contribution in [3.05, 3.63) is 0 Å². The highest BCUT2D eigenvalue weighted by atomic mass is 35.5. The van der Waals surface area contributed by atoms with Crippen molar-refractivity contribution in [2.24, 2.45) is 11.8 Å². The van der Waals surface area contributed by atoms with Crippen LogP contribution in [-0.4, -0.2) is 101 Å². The number of nitrogens with zero attached hydrogens (tertiary/aromatic N) is 2. The Labute approximate surface area is 182 Å². The predicted molar refractivity (Wildman–Crippen MR) is 111 cm³/mol. The summed E-state index contributed by atoms with van der Waals surface area (Å²) in [6.45, 7) is 3.04. The molecule has 174 valence electrons. The van der Waals surface area contributed by atoms with Crippen molar-refractivity contribution in [2.45, 2.75) is 35.7 Å². The topological polar surface area (TPSA) is 115 Å². The van der Waals surface area contributed by atoms with Crippen LogP contribution in [0.25, 0.3) is 0 Å². The van der Waals surface area contributed by atoms with Crippen molar-refractivity contribution >= 4 is 27.5 Å². The van der Waals surface area contributed by atoms with Gasteiger partial charge in [0.15, 0.2) is 0 Å². The number of nitrogens with one attached hydrogen (secondary N) is 4. The largest absolute Gasteiger partial charge is 0.383 e. The summed E-state index contributed by atoms with van der Waals surface area (Å²) in [4.78, 5) is 16.9. The number of sulfonamides is 1. The average Bonchev–Trinajstić information content (AvgIpc) is 3.36. The van der Waals surface area contributed by atoms with Gasteiger partial charge in [-0.15, -0.1) is 16.4 Å². The number of likely N-dealkylation sites (N-methyl/N-ethyl adjacent to an activating group) is 1. The van der Waals surface area contributed by atoms with E-state index in [-0.39, 0.29) is 25.0 Å². The molecule has 0 spiro atoms. The number of alkyl halides is 2. The number of hydrogen-bond donors (Lipinski definition) is 4. The molecule has 6 atom stereocenters. The van der Waals surface area contributed by atoms with Crippen molar-refractivity contribution in [1.29, 1.82) is 0 Å². The van der Waals surface area contributed by atoms with Gasteiger partial charge in [-0.3, -0.25) is 25.9 Å². The predicted octanol–water partition coefficient (Wildman–Crippen LogP) is -1.39. The van der Waals surface area contributed by atoms with Crippen LogP contribution in [0.1, 0.15) is 12.8 Å². The van der Waals surface area contributed by atoms with Crippen LogP contribution in [0.2, 0.25) is 0 Å². The zero-order valence-corrected chi connectivity index (χ0v) is 18.9. The minimum atomic E-state index is -3.82. The summed E-state index contributed by atoms with van der Waals surface area (Å²) >= 11 is 6.21. The van der Waals surface area contributed by atoms with Gasteiger partial charge in [0.05, 0.1) is 17.9 Å². The number of hydrazine groups is 2. The van der Waals surface area contributed by atoms with Crippen LogP contribution in [0.3, 0.4) is 0 Å². The van der Waals surface area contributed by atoms with E-state index in [0.717, 1.165) is 13.2 Å². The van der Waals surface area contributed by atoms with E-state index >= 15 is 0 Å². The van der Waals surface area contributed by atoms with Crippen molar-refractivity contribution < 1.29 is 22.3 Å². The van der Waals surface area contributed by atoms with Gasteiger partial charge < -0.3 is 4.74 Å². The molecule has 3 aliphatic rings. The average molecular weight is 471 g/mol. The van der Waals surface area contributed by atoms with Crippen LogP contribution in [0.4, 0.5) is 4.39 Å². The second kappa shape index (κ2) is 10.3. The number of rotatable bonds is 8.